The zero-order valence-electron chi connectivity index (χ0n) is 22.5. The summed E-state index contributed by atoms with van der Waals surface area (Å²) in [6.07, 6.45) is 1.48. The monoisotopic (exact) mass is 723 g/mol. The van der Waals surface area contributed by atoms with Crippen LogP contribution in [0.1, 0.15) is 18.1 Å². The molecule has 2 aromatic heterocycles. The van der Waals surface area contributed by atoms with E-state index in [1.54, 1.807) is 36.4 Å². The summed E-state index contributed by atoms with van der Waals surface area (Å²) in [5.41, 5.74) is 1.93. The minimum absolute atomic E-state index is 0.0764. The first-order chi connectivity index (χ1) is 20.8. The molecule has 11 heteroatoms. The lowest BCUT2D eigenvalue weighted by atomic mass is 10.2. The number of hydrogen-bond donors (Lipinski definition) is 0. The van der Waals surface area contributed by atoms with Gasteiger partial charge in [0.1, 0.15) is 23.0 Å². The van der Waals surface area contributed by atoms with Crippen LogP contribution in [0, 0.1) is 5.82 Å². The van der Waals surface area contributed by atoms with Gasteiger partial charge in [-0.2, -0.15) is 9.78 Å². The smallest absolute Gasteiger partial charge is 0.282 e. The lowest BCUT2D eigenvalue weighted by molar-refractivity contribution is 0.269. The molecule has 0 aliphatic rings. The topological polar surface area (TPSA) is 78.9 Å². The van der Waals surface area contributed by atoms with Crippen molar-refractivity contribution in [3.8, 4) is 23.1 Å². The van der Waals surface area contributed by atoms with Gasteiger partial charge < -0.3 is 13.9 Å². The first kappa shape index (κ1) is 29.1. The van der Waals surface area contributed by atoms with Gasteiger partial charge in [0, 0.05) is 19.9 Å². The molecule has 6 aromatic rings. The minimum atomic E-state index is -0.374. The molecule has 2 heterocycles. The van der Waals surface area contributed by atoms with Crippen LogP contribution in [0.25, 0.3) is 33.5 Å². The highest BCUT2D eigenvalue weighted by molar-refractivity contribution is 9.10. The Morgan fingerprint density at radius 2 is 1.88 bits per heavy atom. The highest BCUT2D eigenvalue weighted by Gasteiger charge is 2.20. The third-order valence-electron chi connectivity index (χ3n) is 6.49. The number of aromatic nitrogens is 2. The molecule has 0 spiro atoms. The maximum atomic E-state index is 13.7. The van der Waals surface area contributed by atoms with Crippen molar-refractivity contribution in [3.05, 3.63) is 120 Å². The molecule has 0 amide bonds. The van der Waals surface area contributed by atoms with Gasteiger partial charge in [0.2, 0.25) is 5.82 Å². The Labute approximate surface area is 266 Å². The van der Waals surface area contributed by atoms with Crippen molar-refractivity contribution in [2.45, 2.75) is 13.5 Å². The fourth-order valence-electron chi connectivity index (χ4n) is 4.51. The van der Waals surface area contributed by atoms with E-state index in [-0.39, 0.29) is 34.6 Å². The molecule has 0 saturated heterocycles. The number of nitrogens with zero attached hydrogens (tertiary/aromatic N) is 3. The van der Waals surface area contributed by atoms with Crippen LogP contribution in [0.4, 0.5) is 4.39 Å². The van der Waals surface area contributed by atoms with E-state index in [0.29, 0.717) is 50.2 Å². The molecule has 0 radical (unpaired) electrons. The summed E-state index contributed by atoms with van der Waals surface area (Å²) in [7, 11) is 0. The molecule has 0 bridgehead atoms. The summed E-state index contributed by atoms with van der Waals surface area (Å²) in [5, 5.41) is 6.02. The maximum absolute atomic E-state index is 13.7. The fourth-order valence-corrected chi connectivity index (χ4v) is 5.55. The summed E-state index contributed by atoms with van der Waals surface area (Å²) in [4.78, 5) is 18.4. The third kappa shape index (κ3) is 5.95. The fraction of sp³-hybridized carbons (Fsp3) is 0.0938. The van der Waals surface area contributed by atoms with Gasteiger partial charge in [0.05, 0.1) is 23.7 Å². The Balaban J connectivity index is 1.44. The number of hydrogen-bond acceptors (Lipinski definition) is 6. The molecule has 0 aliphatic carbocycles. The van der Waals surface area contributed by atoms with Crippen LogP contribution < -0.4 is 15.0 Å². The van der Waals surface area contributed by atoms with Crippen molar-refractivity contribution >= 4 is 71.5 Å². The average Bonchev–Trinajstić information content (AvgIpc) is 3.42. The van der Waals surface area contributed by atoms with Crippen molar-refractivity contribution in [2.24, 2.45) is 5.10 Å². The summed E-state index contributed by atoms with van der Waals surface area (Å²) in [5.74, 6) is 0.894. The highest BCUT2D eigenvalue weighted by atomic mass is 79.9. The zero-order valence-corrected chi connectivity index (χ0v) is 26.4. The average molecular weight is 726 g/mol. The summed E-state index contributed by atoms with van der Waals surface area (Å²) < 4.78 is 34.1. The van der Waals surface area contributed by atoms with Crippen LogP contribution in [-0.2, 0) is 6.61 Å². The maximum Gasteiger partial charge on any atom is 0.282 e. The molecule has 0 aliphatic heterocycles. The summed E-state index contributed by atoms with van der Waals surface area (Å²) in [6.45, 7) is 2.25. The van der Waals surface area contributed by atoms with Crippen LogP contribution in [0.3, 0.4) is 0 Å². The predicted octanol–water partition coefficient (Wildman–Crippen LogP) is 8.99. The van der Waals surface area contributed by atoms with Gasteiger partial charge in [-0.3, -0.25) is 4.79 Å². The molecule has 43 heavy (non-hydrogen) atoms. The second-order valence-corrected chi connectivity index (χ2v) is 11.5. The Morgan fingerprint density at radius 3 is 2.70 bits per heavy atom. The van der Waals surface area contributed by atoms with E-state index in [1.807, 2.05) is 37.3 Å². The van der Waals surface area contributed by atoms with Crippen molar-refractivity contribution < 1.29 is 18.3 Å². The lowest BCUT2D eigenvalue weighted by Crippen LogP contribution is -2.20. The molecule has 0 N–H and O–H groups in total. The van der Waals surface area contributed by atoms with Gasteiger partial charge in [-0.25, -0.2) is 9.37 Å². The molecular weight excluding hydrogens is 705 g/mol. The highest BCUT2D eigenvalue weighted by Crippen LogP contribution is 2.43. The Hall–Kier alpha value is -3.99. The van der Waals surface area contributed by atoms with Crippen molar-refractivity contribution in [1.82, 2.24) is 9.66 Å². The zero-order chi connectivity index (χ0) is 30.1. The Morgan fingerprint density at radius 1 is 1.05 bits per heavy atom. The number of ether oxygens (including phenoxy) is 2. The van der Waals surface area contributed by atoms with Crippen LogP contribution in [0.5, 0.6) is 11.5 Å². The van der Waals surface area contributed by atoms with Crippen LogP contribution in [0.2, 0.25) is 5.02 Å². The standard InChI is InChI=1S/C32H21Br2ClFN3O4/c1-2-41-26-15-20(28(34)29(35)30(26)42-17-18-6-5-7-22(36)12-18)16-37-39-31(38-24-9-4-3-8-23(24)32(39)40)27-14-19-13-21(33)10-11-25(19)43-27/h3-16H,2,17H2,1H3. The molecule has 6 rings (SSSR count). The van der Waals surface area contributed by atoms with Crippen LogP contribution in [-0.4, -0.2) is 22.5 Å². The predicted molar refractivity (Wildman–Crippen MR) is 173 cm³/mol. The molecule has 216 valence electrons. The normalized spacial score (nSPS) is 11.6. The first-order valence-corrected chi connectivity index (χ1v) is 15.1. The van der Waals surface area contributed by atoms with E-state index in [2.05, 4.69) is 37.0 Å². The van der Waals surface area contributed by atoms with Crippen molar-refractivity contribution in [3.63, 3.8) is 0 Å². The van der Waals surface area contributed by atoms with Crippen molar-refractivity contribution in [1.29, 1.82) is 0 Å². The van der Waals surface area contributed by atoms with Gasteiger partial charge >= 0.3 is 0 Å². The van der Waals surface area contributed by atoms with Crippen molar-refractivity contribution in [2.75, 3.05) is 6.61 Å². The largest absolute Gasteiger partial charge is 0.490 e. The van der Waals surface area contributed by atoms with E-state index in [9.17, 15) is 9.18 Å². The second-order valence-electron chi connectivity index (χ2n) is 9.38. The van der Waals surface area contributed by atoms with E-state index < -0.39 is 0 Å². The number of rotatable bonds is 8. The van der Waals surface area contributed by atoms with Crippen LogP contribution in [0.15, 0.2) is 102 Å². The van der Waals surface area contributed by atoms with E-state index in [4.69, 9.17) is 30.5 Å². The summed E-state index contributed by atoms with van der Waals surface area (Å²) in [6, 6.07) is 22.3. The van der Waals surface area contributed by atoms with E-state index in [1.165, 1.54) is 23.0 Å². The molecule has 0 atom stereocenters. The molecule has 0 fully saturated rings. The number of benzene rings is 4. The summed E-state index contributed by atoms with van der Waals surface area (Å²) >= 11 is 13.7. The molecule has 0 saturated carbocycles. The molecular formula is C32H21Br2ClFN3O4. The minimum Gasteiger partial charge on any atom is -0.490 e. The van der Waals surface area contributed by atoms with Gasteiger partial charge in [-0.1, -0.05) is 51.8 Å². The number of halogens is 4. The van der Waals surface area contributed by atoms with Gasteiger partial charge in [-0.05, 0) is 83.0 Å². The molecule has 7 nitrogen and oxygen atoms in total. The van der Waals surface area contributed by atoms with Gasteiger partial charge in [0.25, 0.3) is 5.56 Å². The van der Waals surface area contributed by atoms with Gasteiger partial charge in [-0.15, -0.1) is 0 Å². The molecule has 4 aromatic carbocycles. The Kier molecular flexibility index (Phi) is 8.34. The number of para-hydroxylation sites is 1. The molecule has 0 unspecified atom stereocenters. The SMILES string of the molecule is CCOc1cc(C=Nn2c(-c3cc4cc(Br)ccc4o3)nc3ccccc3c2=O)c(Br)c(Cl)c1OCc1cccc(F)c1. The van der Waals surface area contributed by atoms with E-state index in [0.717, 1.165) is 9.86 Å². The van der Waals surface area contributed by atoms with Gasteiger partial charge in [0.15, 0.2) is 17.3 Å². The Bertz CT molecular complexity index is 2090. The number of fused-ring (bicyclic) bond motifs is 2. The first-order valence-electron chi connectivity index (χ1n) is 13.1. The quantitative estimate of drug-likeness (QED) is 0.147. The number of furan rings is 1. The second kappa shape index (κ2) is 12.3. The van der Waals surface area contributed by atoms with E-state index >= 15 is 0 Å². The van der Waals surface area contributed by atoms with Crippen LogP contribution >= 0.6 is 43.5 Å². The lowest BCUT2D eigenvalue weighted by Gasteiger charge is -2.16. The third-order valence-corrected chi connectivity index (χ3v) is 8.43.